The summed E-state index contributed by atoms with van der Waals surface area (Å²) in [5.41, 5.74) is 6.96. The van der Waals surface area contributed by atoms with Crippen molar-refractivity contribution in [2.75, 3.05) is 32.7 Å². The van der Waals surface area contributed by atoms with E-state index in [0.717, 1.165) is 44.6 Å². The molecule has 0 saturated carbocycles. The minimum absolute atomic E-state index is 0. The summed E-state index contributed by atoms with van der Waals surface area (Å²) in [6.45, 7) is 1.35. The average molecular weight is 417 g/mol. The zero-order valence-corrected chi connectivity index (χ0v) is 16.4. The van der Waals surface area contributed by atoms with Crippen molar-refractivity contribution in [3.63, 3.8) is 0 Å². The molecule has 0 aromatic heterocycles. The number of amides is 1. The van der Waals surface area contributed by atoms with Crippen LogP contribution >= 0.6 is 12.4 Å². The number of nitrogens with one attached hydrogen (secondary N) is 3. The molecule has 3 N–H and O–H groups in total. The molecule has 0 spiro atoms. The van der Waals surface area contributed by atoms with E-state index in [2.05, 4.69) is 20.9 Å². The van der Waals surface area contributed by atoms with E-state index < -0.39 is 6.61 Å². The molecule has 0 aliphatic carbocycles. The first-order valence-electron chi connectivity index (χ1n) is 9.64. The van der Waals surface area contributed by atoms with Crippen molar-refractivity contribution in [3.05, 3.63) is 29.8 Å². The first-order chi connectivity index (χ1) is 13.1. The second kappa shape index (κ2) is 9.35. The summed E-state index contributed by atoms with van der Waals surface area (Å²) in [5, 5.41) is 3.45. The number of hydrogen-bond donors (Lipinski definition) is 3. The van der Waals surface area contributed by atoms with Gasteiger partial charge in [0.25, 0.3) is 0 Å². The summed E-state index contributed by atoms with van der Waals surface area (Å²) in [7, 11) is 0. The third-order valence-corrected chi connectivity index (χ3v) is 6.07. The Morgan fingerprint density at radius 2 is 1.86 bits per heavy atom. The second-order valence-corrected chi connectivity index (χ2v) is 7.64. The summed E-state index contributed by atoms with van der Waals surface area (Å²) in [6, 6.07) is 6.32. The van der Waals surface area contributed by atoms with Gasteiger partial charge in [-0.3, -0.25) is 10.2 Å². The summed E-state index contributed by atoms with van der Waals surface area (Å²) >= 11 is 0. The molecule has 3 aliphatic heterocycles. The Bertz CT molecular complexity index is 667. The number of hydrazine groups is 1. The molecule has 0 bridgehead atoms. The van der Waals surface area contributed by atoms with Gasteiger partial charge in [0.15, 0.2) is 0 Å². The standard InChI is InChI=1S/C19H26F2N4O2.ClH/c20-19(21)27-15-3-1-2-12(8-15)17-16(11-23-24-17)18(26)25-6-4-13-9-22-10-14(13)5-7-25;/h1-3,8,13-14,16-17,19,22-24H,4-7,9-11H2;1H/t13-,14+,16?,17?;. The summed E-state index contributed by atoms with van der Waals surface area (Å²) in [5.74, 6) is 1.31. The Balaban J connectivity index is 0.00000225. The van der Waals surface area contributed by atoms with Crippen molar-refractivity contribution < 1.29 is 18.3 Å². The topological polar surface area (TPSA) is 65.6 Å². The molecule has 0 radical (unpaired) electrons. The number of ether oxygens (including phenoxy) is 1. The molecule has 4 rings (SSSR count). The zero-order valence-electron chi connectivity index (χ0n) is 15.6. The molecule has 2 unspecified atom stereocenters. The van der Waals surface area contributed by atoms with Crippen molar-refractivity contribution >= 4 is 18.3 Å². The highest BCUT2D eigenvalue weighted by atomic mass is 35.5. The molecule has 4 atom stereocenters. The molecule has 3 saturated heterocycles. The normalized spacial score (nSPS) is 29.9. The van der Waals surface area contributed by atoms with Crippen LogP contribution in [-0.4, -0.2) is 50.1 Å². The smallest absolute Gasteiger partial charge is 0.387 e. The van der Waals surface area contributed by atoms with Crippen molar-refractivity contribution in [3.8, 4) is 5.75 Å². The fourth-order valence-electron chi connectivity index (χ4n) is 4.60. The Kier molecular flexibility index (Phi) is 7.09. The van der Waals surface area contributed by atoms with E-state index in [0.29, 0.717) is 18.4 Å². The molecule has 1 aromatic rings. The van der Waals surface area contributed by atoms with Gasteiger partial charge in [0.1, 0.15) is 5.75 Å². The minimum Gasteiger partial charge on any atom is -0.435 e. The highest BCUT2D eigenvalue weighted by molar-refractivity contribution is 5.85. The SMILES string of the molecule is Cl.O=C(C1CNNC1c1cccc(OC(F)F)c1)N1CC[C@@H]2CNC[C@@H]2CC1. The van der Waals surface area contributed by atoms with Gasteiger partial charge in [-0.25, -0.2) is 5.43 Å². The molecule has 1 aromatic carbocycles. The van der Waals surface area contributed by atoms with Crippen LogP contribution in [0.25, 0.3) is 0 Å². The molecule has 28 heavy (non-hydrogen) atoms. The number of rotatable bonds is 4. The van der Waals surface area contributed by atoms with Gasteiger partial charge in [0.2, 0.25) is 5.91 Å². The van der Waals surface area contributed by atoms with Crippen LogP contribution in [0.3, 0.4) is 0 Å². The molecule has 6 nitrogen and oxygen atoms in total. The molecular formula is C19H27ClF2N4O2. The van der Waals surface area contributed by atoms with Gasteiger partial charge < -0.3 is 15.0 Å². The highest BCUT2D eigenvalue weighted by Crippen LogP contribution is 2.32. The van der Waals surface area contributed by atoms with Crippen LogP contribution in [0.1, 0.15) is 24.4 Å². The third kappa shape index (κ3) is 4.56. The van der Waals surface area contributed by atoms with Crippen LogP contribution in [0, 0.1) is 17.8 Å². The lowest BCUT2D eigenvalue weighted by atomic mass is 9.92. The quantitative estimate of drug-likeness (QED) is 0.700. The van der Waals surface area contributed by atoms with Crippen LogP contribution in [0.15, 0.2) is 24.3 Å². The number of alkyl halides is 2. The Morgan fingerprint density at radius 3 is 2.54 bits per heavy atom. The van der Waals surface area contributed by atoms with Gasteiger partial charge in [0.05, 0.1) is 12.0 Å². The number of carbonyl (C=O) groups excluding carboxylic acids is 1. The summed E-state index contributed by atoms with van der Waals surface area (Å²) in [6.07, 6.45) is 2.08. The first-order valence-corrected chi connectivity index (χ1v) is 9.64. The summed E-state index contributed by atoms with van der Waals surface area (Å²) < 4.78 is 29.5. The number of hydrogen-bond acceptors (Lipinski definition) is 5. The molecular weight excluding hydrogens is 390 g/mol. The predicted molar refractivity (Wildman–Crippen MR) is 103 cm³/mol. The van der Waals surface area contributed by atoms with Gasteiger partial charge >= 0.3 is 6.61 Å². The molecule has 156 valence electrons. The van der Waals surface area contributed by atoms with E-state index in [1.807, 2.05) is 11.0 Å². The van der Waals surface area contributed by atoms with Gasteiger partial charge in [0, 0.05) is 19.6 Å². The Morgan fingerprint density at radius 1 is 1.14 bits per heavy atom. The molecule has 3 fully saturated rings. The largest absolute Gasteiger partial charge is 0.435 e. The van der Waals surface area contributed by atoms with Crippen molar-refractivity contribution in [1.82, 2.24) is 21.1 Å². The Labute approximate surface area is 169 Å². The van der Waals surface area contributed by atoms with Crippen molar-refractivity contribution in [1.29, 1.82) is 0 Å². The van der Waals surface area contributed by atoms with E-state index in [1.165, 1.54) is 6.07 Å². The molecule has 3 aliphatic rings. The lowest BCUT2D eigenvalue weighted by molar-refractivity contribution is -0.135. The van der Waals surface area contributed by atoms with Crippen LogP contribution in [0.4, 0.5) is 8.78 Å². The van der Waals surface area contributed by atoms with Crippen LogP contribution in [-0.2, 0) is 4.79 Å². The number of halogens is 3. The fraction of sp³-hybridized carbons (Fsp3) is 0.632. The second-order valence-electron chi connectivity index (χ2n) is 7.64. The molecule has 1 amide bonds. The van der Waals surface area contributed by atoms with E-state index >= 15 is 0 Å². The first kappa shape index (κ1) is 21.2. The van der Waals surface area contributed by atoms with Gasteiger partial charge in [-0.15, -0.1) is 12.4 Å². The van der Waals surface area contributed by atoms with Crippen LogP contribution in [0.5, 0.6) is 5.75 Å². The average Bonchev–Trinajstić information content (AvgIpc) is 3.27. The van der Waals surface area contributed by atoms with Gasteiger partial charge in [-0.1, -0.05) is 12.1 Å². The van der Waals surface area contributed by atoms with Crippen molar-refractivity contribution in [2.45, 2.75) is 25.5 Å². The van der Waals surface area contributed by atoms with Crippen LogP contribution in [0.2, 0.25) is 0 Å². The molecule has 9 heteroatoms. The van der Waals surface area contributed by atoms with Gasteiger partial charge in [-0.2, -0.15) is 8.78 Å². The molecule has 3 heterocycles. The number of fused-ring (bicyclic) bond motifs is 1. The maximum atomic E-state index is 13.2. The van der Waals surface area contributed by atoms with Crippen molar-refractivity contribution in [2.24, 2.45) is 17.8 Å². The Hall–Kier alpha value is -1.48. The number of nitrogens with zero attached hydrogens (tertiary/aromatic N) is 1. The lowest BCUT2D eigenvalue weighted by Crippen LogP contribution is -2.40. The lowest BCUT2D eigenvalue weighted by Gasteiger charge is -2.27. The number of carbonyl (C=O) groups is 1. The van der Waals surface area contributed by atoms with E-state index in [-0.39, 0.29) is 36.0 Å². The minimum atomic E-state index is -2.86. The van der Waals surface area contributed by atoms with E-state index in [4.69, 9.17) is 0 Å². The van der Waals surface area contributed by atoms with E-state index in [1.54, 1.807) is 12.1 Å². The highest BCUT2D eigenvalue weighted by Gasteiger charge is 2.38. The fourth-order valence-corrected chi connectivity index (χ4v) is 4.60. The zero-order chi connectivity index (χ0) is 18.8. The number of benzene rings is 1. The monoisotopic (exact) mass is 416 g/mol. The van der Waals surface area contributed by atoms with Gasteiger partial charge in [-0.05, 0) is 55.5 Å². The number of likely N-dealkylation sites (tertiary alicyclic amines) is 1. The van der Waals surface area contributed by atoms with E-state index in [9.17, 15) is 13.6 Å². The van der Waals surface area contributed by atoms with Crippen LogP contribution < -0.4 is 20.9 Å². The maximum Gasteiger partial charge on any atom is 0.387 e. The summed E-state index contributed by atoms with van der Waals surface area (Å²) in [4.78, 5) is 15.2. The predicted octanol–water partition coefficient (Wildman–Crippen LogP) is 1.93. The maximum absolute atomic E-state index is 13.2. The third-order valence-electron chi connectivity index (χ3n) is 6.07.